The molecule has 202 valence electrons. The number of nitrogens with one attached hydrogen (secondary N) is 1. The summed E-state index contributed by atoms with van der Waals surface area (Å²) in [6.07, 6.45) is 3.18. The molecule has 1 aliphatic heterocycles. The number of aromatic nitrogens is 2. The van der Waals surface area contributed by atoms with Crippen LogP contribution in [0.5, 0.6) is 0 Å². The molecular weight excluding hydrogens is 501 g/mol. The van der Waals surface area contributed by atoms with Crippen molar-refractivity contribution in [2.45, 2.75) is 6.92 Å². The molecule has 39 heavy (non-hydrogen) atoms. The van der Waals surface area contributed by atoms with E-state index in [1.807, 2.05) is 30.3 Å². The molecule has 4 aromatic rings. The Morgan fingerprint density at radius 3 is 2.59 bits per heavy atom. The van der Waals surface area contributed by atoms with Gasteiger partial charge in [-0.3, -0.25) is 24.4 Å². The summed E-state index contributed by atoms with van der Waals surface area (Å²) in [5.41, 5.74) is 2.49. The highest BCUT2D eigenvalue weighted by molar-refractivity contribution is 5.97. The zero-order valence-electron chi connectivity index (χ0n) is 21.7. The van der Waals surface area contributed by atoms with Gasteiger partial charge in [0.05, 0.1) is 30.9 Å². The van der Waals surface area contributed by atoms with Crippen LogP contribution in [0, 0.1) is 12.7 Å². The van der Waals surface area contributed by atoms with Crippen molar-refractivity contribution in [1.82, 2.24) is 19.4 Å². The van der Waals surface area contributed by atoms with Crippen LogP contribution < -0.4 is 5.32 Å². The Balaban J connectivity index is 1.38. The maximum absolute atomic E-state index is 14.4. The number of carbonyl (C=O) groups excluding carboxylic acids is 2. The number of carbonyl (C=O) groups is 2. The molecule has 2 amide bonds. The highest BCUT2D eigenvalue weighted by atomic mass is 19.1. The van der Waals surface area contributed by atoms with Crippen LogP contribution in [0.15, 0.2) is 77.5 Å². The molecule has 0 aliphatic carbocycles. The van der Waals surface area contributed by atoms with Crippen LogP contribution >= 0.6 is 0 Å². The predicted molar refractivity (Wildman–Crippen MR) is 144 cm³/mol. The lowest BCUT2D eigenvalue weighted by molar-refractivity contribution is -0.117. The number of halogens is 1. The monoisotopic (exact) mass is 531 g/mol. The first-order valence-electron chi connectivity index (χ1n) is 12.8. The Morgan fingerprint density at radius 1 is 1.08 bits per heavy atom. The molecule has 1 saturated heterocycles. The van der Waals surface area contributed by atoms with Crippen molar-refractivity contribution in [1.29, 1.82) is 0 Å². The Kier molecular flexibility index (Phi) is 8.14. The summed E-state index contributed by atoms with van der Waals surface area (Å²) in [4.78, 5) is 34.7. The largest absolute Gasteiger partial charge is 0.459 e. The highest BCUT2D eigenvalue weighted by Crippen LogP contribution is 2.25. The van der Waals surface area contributed by atoms with Crippen molar-refractivity contribution in [3.63, 3.8) is 0 Å². The van der Waals surface area contributed by atoms with Crippen molar-refractivity contribution in [2.75, 3.05) is 51.3 Å². The first-order chi connectivity index (χ1) is 19.0. The molecule has 1 N–H and O–H groups in total. The van der Waals surface area contributed by atoms with Gasteiger partial charge in [0.1, 0.15) is 12.4 Å². The van der Waals surface area contributed by atoms with Crippen molar-refractivity contribution in [3.8, 4) is 16.9 Å². The van der Waals surface area contributed by atoms with E-state index in [2.05, 4.69) is 15.2 Å². The van der Waals surface area contributed by atoms with Gasteiger partial charge in [-0.15, -0.1) is 0 Å². The Morgan fingerprint density at radius 2 is 1.87 bits per heavy atom. The van der Waals surface area contributed by atoms with Gasteiger partial charge in [-0.1, -0.05) is 36.4 Å². The Bertz CT molecular complexity index is 1410. The van der Waals surface area contributed by atoms with Crippen LogP contribution in [-0.2, 0) is 9.53 Å². The smallest absolute Gasteiger partial charge is 0.290 e. The molecule has 0 atom stereocenters. The number of morpholine rings is 1. The number of nitrogens with zero attached hydrogens (tertiary/aromatic N) is 4. The number of benzene rings is 2. The summed E-state index contributed by atoms with van der Waals surface area (Å²) in [5, 5.41) is 2.83. The topological polar surface area (TPSA) is 92.8 Å². The fourth-order valence-corrected chi connectivity index (χ4v) is 4.38. The summed E-state index contributed by atoms with van der Waals surface area (Å²) < 4.78 is 26.8. The Hall–Kier alpha value is -4.28. The van der Waals surface area contributed by atoms with Crippen molar-refractivity contribution in [3.05, 3.63) is 90.3 Å². The van der Waals surface area contributed by atoms with Crippen LogP contribution in [0.25, 0.3) is 16.9 Å². The normalized spacial score (nSPS) is 13.8. The fraction of sp³-hybridized carbons (Fsp3) is 0.276. The second-order valence-corrected chi connectivity index (χ2v) is 9.33. The first-order valence-corrected chi connectivity index (χ1v) is 12.8. The molecule has 5 rings (SSSR count). The van der Waals surface area contributed by atoms with Gasteiger partial charge in [-0.05, 0) is 36.8 Å². The minimum absolute atomic E-state index is 0.160. The van der Waals surface area contributed by atoms with Gasteiger partial charge in [0.2, 0.25) is 11.9 Å². The molecule has 0 bridgehead atoms. The second-order valence-electron chi connectivity index (χ2n) is 9.33. The molecule has 2 aromatic heterocycles. The van der Waals surface area contributed by atoms with Gasteiger partial charge in [0, 0.05) is 37.9 Å². The predicted octanol–water partition coefficient (Wildman–Crippen LogP) is 3.99. The summed E-state index contributed by atoms with van der Waals surface area (Å²) in [5.74, 6) is -0.792. The van der Waals surface area contributed by atoms with E-state index in [4.69, 9.17) is 9.15 Å². The number of rotatable bonds is 9. The van der Waals surface area contributed by atoms with Crippen LogP contribution in [0.1, 0.15) is 16.1 Å². The number of hydrogen-bond acceptors (Lipinski definition) is 6. The van der Waals surface area contributed by atoms with Gasteiger partial charge in [0.15, 0.2) is 5.76 Å². The third-order valence-electron chi connectivity index (χ3n) is 6.60. The standard InChI is InChI=1S/C29H30FN5O4/c1-21-9-10-23(18-24(21)30)35-19-25(22-6-3-2-4-7-22)31-29(35)32-27(36)20-34(28(37)26-8-5-15-39-26)12-11-33-13-16-38-17-14-33/h2-10,15,18-19H,11-14,16-17,20H2,1H3,(H,31,32,36). The number of furan rings is 1. The summed E-state index contributed by atoms with van der Waals surface area (Å²) in [6, 6.07) is 17.6. The molecule has 0 saturated carbocycles. The number of anilines is 1. The van der Waals surface area contributed by atoms with E-state index in [1.165, 1.54) is 17.2 Å². The van der Waals surface area contributed by atoms with E-state index in [0.29, 0.717) is 43.2 Å². The molecule has 10 heteroatoms. The Labute approximate surface area is 225 Å². The molecule has 3 heterocycles. The zero-order chi connectivity index (χ0) is 27.2. The van der Waals surface area contributed by atoms with Gasteiger partial charge in [-0.2, -0.15) is 0 Å². The minimum Gasteiger partial charge on any atom is -0.459 e. The van der Waals surface area contributed by atoms with Crippen molar-refractivity contribution < 1.29 is 23.1 Å². The molecule has 2 aromatic carbocycles. The molecular formula is C29H30FN5O4. The number of ether oxygens (including phenoxy) is 1. The average Bonchev–Trinajstić information content (AvgIpc) is 3.64. The molecule has 1 fully saturated rings. The molecule has 0 radical (unpaired) electrons. The van der Waals surface area contributed by atoms with Crippen LogP contribution in [0.3, 0.4) is 0 Å². The molecule has 1 aliphatic rings. The van der Waals surface area contributed by atoms with Crippen LogP contribution in [0.2, 0.25) is 0 Å². The number of imidazole rings is 1. The maximum atomic E-state index is 14.4. The van der Waals surface area contributed by atoms with Gasteiger partial charge >= 0.3 is 0 Å². The van der Waals surface area contributed by atoms with Crippen molar-refractivity contribution in [2.24, 2.45) is 0 Å². The zero-order valence-corrected chi connectivity index (χ0v) is 21.7. The lowest BCUT2D eigenvalue weighted by atomic mass is 10.2. The lowest BCUT2D eigenvalue weighted by Gasteiger charge is -2.29. The lowest BCUT2D eigenvalue weighted by Crippen LogP contribution is -2.45. The average molecular weight is 532 g/mol. The summed E-state index contributed by atoms with van der Waals surface area (Å²) in [6.45, 7) is 5.21. The molecule has 9 nitrogen and oxygen atoms in total. The van der Waals surface area contributed by atoms with Gasteiger partial charge in [-0.25, -0.2) is 9.37 Å². The third kappa shape index (κ3) is 6.42. The van der Waals surface area contributed by atoms with Gasteiger partial charge in [0.25, 0.3) is 5.91 Å². The highest BCUT2D eigenvalue weighted by Gasteiger charge is 2.24. The number of aryl methyl sites for hydroxylation is 1. The summed E-state index contributed by atoms with van der Waals surface area (Å²) >= 11 is 0. The SMILES string of the molecule is Cc1ccc(-n2cc(-c3ccccc3)nc2NC(=O)CN(CCN2CCOCC2)C(=O)c2ccco2)cc1F. The number of hydrogen-bond donors (Lipinski definition) is 1. The quantitative estimate of drug-likeness (QED) is 0.351. The van der Waals surface area contributed by atoms with E-state index < -0.39 is 5.91 Å². The van der Waals surface area contributed by atoms with Crippen molar-refractivity contribution >= 4 is 17.8 Å². The van der Waals surface area contributed by atoms with E-state index >= 15 is 0 Å². The number of amides is 2. The van der Waals surface area contributed by atoms with Crippen LogP contribution in [-0.4, -0.2) is 77.1 Å². The van der Waals surface area contributed by atoms with E-state index in [9.17, 15) is 14.0 Å². The van der Waals surface area contributed by atoms with Crippen LogP contribution in [0.4, 0.5) is 10.3 Å². The fourth-order valence-electron chi connectivity index (χ4n) is 4.38. The summed E-state index contributed by atoms with van der Waals surface area (Å²) in [7, 11) is 0. The maximum Gasteiger partial charge on any atom is 0.290 e. The first kappa shape index (κ1) is 26.3. The van der Waals surface area contributed by atoms with E-state index in [1.54, 1.807) is 42.0 Å². The second kappa shape index (κ2) is 12.1. The van der Waals surface area contributed by atoms with E-state index in [-0.39, 0.29) is 30.0 Å². The van der Waals surface area contributed by atoms with Gasteiger partial charge < -0.3 is 14.1 Å². The minimum atomic E-state index is -0.434. The molecule has 0 unspecified atom stereocenters. The third-order valence-corrected chi connectivity index (χ3v) is 6.60. The van der Waals surface area contributed by atoms with E-state index in [0.717, 1.165) is 18.7 Å². The molecule has 0 spiro atoms.